The number of sulfonamides is 1. The van der Waals surface area contributed by atoms with E-state index in [0.717, 1.165) is 42.1 Å². The van der Waals surface area contributed by atoms with Crippen LogP contribution in [-0.4, -0.2) is 43.8 Å². The molecule has 0 spiro atoms. The minimum absolute atomic E-state index is 0.114. The molecule has 0 aromatic heterocycles. The highest BCUT2D eigenvalue weighted by Crippen LogP contribution is 2.46. The Morgan fingerprint density at radius 1 is 0.857 bits per heavy atom. The summed E-state index contributed by atoms with van der Waals surface area (Å²) in [6, 6.07) is 23.1. The zero-order chi connectivity index (χ0) is 29.4. The quantitative estimate of drug-likeness (QED) is 0.317. The molecule has 2 saturated heterocycles. The van der Waals surface area contributed by atoms with Crippen LogP contribution in [-0.2, 0) is 10.0 Å². The first-order valence-corrected chi connectivity index (χ1v) is 16.8. The Balaban J connectivity index is 1.17. The van der Waals surface area contributed by atoms with E-state index in [2.05, 4.69) is 35.1 Å². The molecule has 10 heteroatoms. The van der Waals surface area contributed by atoms with Gasteiger partial charge in [-0.2, -0.15) is 4.31 Å². The predicted octanol–water partition coefficient (Wildman–Crippen LogP) is 5.59. The first-order chi connectivity index (χ1) is 20.2. The number of hydrazine groups is 1. The molecule has 6 rings (SSSR count). The number of halogens is 2. The Morgan fingerprint density at radius 3 is 2.07 bits per heavy atom. The second kappa shape index (κ2) is 12.3. The van der Waals surface area contributed by atoms with Gasteiger partial charge in [-0.15, -0.1) is 0 Å². The summed E-state index contributed by atoms with van der Waals surface area (Å²) in [4.78, 5) is 11.7. The van der Waals surface area contributed by atoms with Crippen LogP contribution in [0.2, 0.25) is 10.0 Å². The van der Waals surface area contributed by atoms with Crippen LogP contribution >= 0.6 is 23.2 Å². The predicted molar refractivity (Wildman–Crippen MR) is 166 cm³/mol. The van der Waals surface area contributed by atoms with Gasteiger partial charge in [0.1, 0.15) is 0 Å². The molecule has 4 N–H and O–H groups in total. The van der Waals surface area contributed by atoms with Crippen molar-refractivity contribution in [2.45, 2.75) is 55.0 Å². The molecule has 4 unspecified atom stereocenters. The van der Waals surface area contributed by atoms with E-state index in [0.29, 0.717) is 36.9 Å². The molecule has 0 bridgehead atoms. The number of hydrogen-bond acceptors (Lipinski definition) is 5. The average Bonchev–Trinajstić information content (AvgIpc) is 3.43. The van der Waals surface area contributed by atoms with Gasteiger partial charge in [-0.25, -0.2) is 8.42 Å². The second-order valence-corrected chi connectivity index (χ2v) is 14.7. The first kappa shape index (κ1) is 29.6. The molecular formula is C32H36Cl2N4O3S. The number of primary amides is 1. The van der Waals surface area contributed by atoms with Crippen molar-refractivity contribution in [1.29, 1.82) is 0 Å². The van der Waals surface area contributed by atoms with Crippen molar-refractivity contribution in [2.24, 2.45) is 23.5 Å². The van der Waals surface area contributed by atoms with E-state index in [9.17, 15) is 13.2 Å². The van der Waals surface area contributed by atoms with Gasteiger partial charge >= 0.3 is 0 Å². The Hall–Kier alpha value is -2.46. The molecule has 3 fully saturated rings. The van der Waals surface area contributed by atoms with Gasteiger partial charge in [0.25, 0.3) is 0 Å². The summed E-state index contributed by atoms with van der Waals surface area (Å²) in [5, 5.41) is 1.46. The van der Waals surface area contributed by atoms with Crippen molar-refractivity contribution in [3.63, 3.8) is 0 Å². The fraction of sp³-hybridized carbons (Fsp3) is 0.406. The third-order valence-electron chi connectivity index (χ3n) is 9.53. The number of nitrogens with zero attached hydrogens (tertiary/aromatic N) is 1. The summed E-state index contributed by atoms with van der Waals surface area (Å²) >= 11 is 12.5. The lowest BCUT2D eigenvalue weighted by atomic mass is 9.66. The van der Waals surface area contributed by atoms with Crippen molar-refractivity contribution >= 4 is 39.1 Å². The highest BCUT2D eigenvalue weighted by molar-refractivity contribution is 7.89. The number of piperidine rings is 1. The normalized spacial score (nSPS) is 25.4. The zero-order valence-electron chi connectivity index (χ0n) is 23.3. The summed E-state index contributed by atoms with van der Waals surface area (Å²) in [6.07, 6.45) is 4.82. The van der Waals surface area contributed by atoms with Gasteiger partial charge in [-0.3, -0.25) is 15.6 Å². The Morgan fingerprint density at radius 2 is 1.48 bits per heavy atom. The van der Waals surface area contributed by atoms with Crippen molar-refractivity contribution < 1.29 is 13.2 Å². The van der Waals surface area contributed by atoms with Gasteiger partial charge in [0.05, 0.1) is 4.90 Å². The number of nitrogens with one attached hydrogen (secondary N) is 2. The lowest BCUT2D eigenvalue weighted by Gasteiger charge is -2.41. The van der Waals surface area contributed by atoms with E-state index in [1.165, 1.54) is 29.3 Å². The third kappa shape index (κ3) is 5.98. The van der Waals surface area contributed by atoms with E-state index < -0.39 is 15.9 Å². The highest BCUT2D eigenvalue weighted by atomic mass is 35.5. The summed E-state index contributed by atoms with van der Waals surface area (Å²) in [5.74, 6) is 0.867. The molecule has 1 aliphatic carbocycles. The molecule has 3 aliphatic rings. The molecular weight excluding hydrogens is 591 g/mol. The SMILES string of the molecule is NC(=O)c1cccc(S(=O)(=O)N2CCC(C3NNC4CCC(C(c5ccc(Cl)cc5)c5ccc(Cl)cc5)CC43)CC2)c1. The molecule has 2 heterocycles. The van der Waals surface area contributed by atoms with Crippen molar-refractivity contribution in [3.8, 4) is 0 Å². The Bertz CT molecular complexity index is 1480. The average molecular weight is 628 g/mol. The minimum atomic E-state index is -3.71. The monoisotopic (exact) mass is 626 g/mol. The first-order valence-electron chi connectivity index (χ1n) is 14.6. The number of benzene rings is 3. The summed E-state index contributed by atoms with van der Waals surface area (Å²) in [6.45, 7) is 0.899. The maximum Gasteiger partial charge on any atom is 0.248 e. The summed E-state index contributed by atoms with van der Waals surface area (Å²) in [7, 11) is -3.71. The van der Waals surface area contributed by atoms with Crippen molar-refractivity contribution in [1.82, 2.24) is 15.2 Å². The smallest absolute Gasteiger partial charge is 0.248 e. The fourth-order valence-electron chi connectivity index (χ4n) is 7.41. The maximum atomic E-state index is 13.4. The Kier molecular flexibility index (Phi) is 8.65. The van der Waals surface area contributed by atoms with Crippen LogP contribution in [0.25, 0.3) is 0 Å². The van der Waals surface area contributed by atoms with Gasteiger partial charge in [0, 0.05) is 46.7 Å². The molecule has 7 nitrogen and oxygen atoms in total. The highest BCUT2D eigenvalue weighted by Gasteiger charge is 2.46. The lowest BCUT2D eigenvalue weighted by molar-refractivity contribution is 0.1000. The van der Waals surface area contributed by atoms with Crippen LogP contribution in [0.15, 0.2) is 77.7 Å². The van der Waals surface area contributed by atoms with Crippen molar-refractivity contribution in [3.05, 3.63) is 99.5 Å². The zero-order valence-corrected chi connectivity index (χ0v) is 25.6. The van der Waals surface area contributed by atoms with Crippen LogP contribution in [0.3, 0.4) is 0 Å². The van der Waals surface area contributed by atoms with E-state index in [1.54, 1.807) is 10.4 Å². The van der Waals surface area contributed by atoms with E-state index >= 15 is 0 Å². The van der Waals surface area contributed by atoms with Gasteiger partial charge in [0.2, 0.25) is 15.9 Å². The van der Waals surface area contributed by atoms with Crippen LogP contribution in [0.1, 0.15) is 59.5 Å². The standard InChI is InChI=1S/C32H36Cl2N4O3S/c33-25-9-4-20(5-10-25)30(21-6-11-26(34)12-7-21)23-8-13-29-28(19-23)31(37-36-29)22-14-16-38(17-15-22)42(40,41)27-3-1-2-24(18-27)32(35)39/h1-7,9-12,18,22-23,28-31,36-37H,8,13-17,19H2,(H2,35,39). The summed E-state index contributed by atoms with van der Waals surface area (Å²) < 4.78 is 28.3. The van der Waals surface area contributed by atoms with Gasteiger partial charge in [0.15, 0.2) is 0 Å². The molecule has 1 amide bonds. The number of nitrogens with two attached hydrogens (primary N) is 1. The van der Waals surface area contributed by atoms with Gasteiger partial charge in [-0.1, -0.05) is 53.5 Å². The van der Waals surface area contributed by atoms with E-state index in [-0.39, 0.29) is 22.4 Å². The van der Waals surface area contributed by atoms with Crippen molar-refractivity contribution in [2.75, 3.05) is 13.1 Å². The maximum absolute atomic E-state index is 13.4. The summed E-state index contributed by atoms with van der Waals surface area (Å²) in [5.41, 5.74) is 15.3. The largest absolute Gasteiger partial charge is 0.366 e. The minimum Gasteiger partial charge on any atom is -0.366 e. The van der Waals surface area contributed by atoms with E-state index in [4.69, 9.17) is 28.9 Å². The molecule has 2 aliphatic heterocycles. The molecule has 1 saturated carbocycles. The number of amides is 1. The lowest BCUT2D eigenvalue weighted by Crippen LogP contribution is -2.46. The topological polar surface area (TPSA) is 105 Å². The van der Waals surface area contributed by atoms with Crippen LogP contribution in [0, 0.1) is 17.8 Å². The molecule has 4 atom stereocenters. The third-order valence-corrected chi connectivity index (χ3v) is 11.9. The number of fused-ring (bicyclic) bond motifs is 1. The molecule has 0 radical (unpaired) electrons. The molecule has 3 aromatic rings. The van der Waals surface area contributed by atoms with Crippen LogP contribution in [0.5, 0.6) is 0 Å². The number of rotatable bonds is 7. The van der Waals surface area contributed by atoms with E-state index in [1.807, 2.05) is 24.3 Å². The number of hydrogen-bond donors (Lipinski definition) is 3. The number of carbonyl (C=O) groups excluding carboxylic acids is 1. The molecule has 222 valence electrons. The Labute approximate surface area is 257 Å². The number of carbonyl (C=O) groups is 1. The van der Waals surface area contributed by atoms with Gasteiger partial charge in [-0.05, 0) is 103 Å². The fourth-order valence-corrected chi connectivity index (χ4v) is 9.18. The van der Waals surface area contributed by atoms with Gasteiger partial charge < -0.3 is 5.73 Å². The second-order valence-electron chi connectivity index (χ2n) is 11.9. The van der Waals surface area contributed by atoms with Crippen LogP contribution in [0.4, 0.5) is 0 Å². The van der Waals surface area contributed by atoms with Crippen LogP contribution < -0.4 is 16.6 Å². The molecule has 3 aromatic carbocycles. The molecule has 42 heavy (non-hydrogen) atoms.